The maximum Gasteiger partial charge on any atom is 0.0630 e. The fourth-order valence-electron chi connectivity index (χ4n) is 2.87. The van der Waals surface area contributed by atoms with Crippen LogP contribution < -0.4 is 0 Å². The molecule has 1 aliphatic carbocycles. The van der Waals surface area contributed by atoms with Gasteiger partial charge < -0.3 is 4.74 Å². The molecule has 0 N–H and O–H groups in total. The zero-order chi connectivity index (χ0) is 9.47. The van der Waals surface area contributed by atoms with Gasteiger partial charge in [0.1, 0.15) is 0 Å². The van der Waals surface area contributed by atoms with Crippen molar-refractivity contribution in [1.29, 1.82) is 0 Å². The van der Waals surface area contributed by atoms with E-state index < -0.39 is 0 Å². The molecule has 1 heterocycles. The molecule has 1 saturated heterocycles. The molecule has 13 heavy (non-hydrogen) atoms. The summed E-state index contributed by atoms with van der Waals surface area (Å²) in [7, 11) is 0. The predicted molar refractivity (Wildman–Crippen MR) is 54.7 cm³/mol. The van der Waals surface area contributed by atoms with Gasteiger partial charge in [-0.05, 0) is 51.4 Å². The van der Waals surface area contributed by atoms with E-state index in [-0.39, 0.29) is 5.60 Å². The minimum absolute atomic E-state index is 0.151. The van der Waals surface area contributed by atoms with Crippen LogP contribution in [-0.4, -0.2) is 11.7 Å². The van der Waals surface area contributed by atoms with E-state index in [0.29, 0.717) is 6.10 Å². The Hall–Kier alpha value is -0.0400. The minimum atomic E-state index is 0.151. The molecule has 0 bridgehead atoms. The van der Waals surface area contributed by atoms with Crippen molar-refractivity contribution in [2.45, 2.75) is 64.6 Å². The summed E-state index contributed by atoms with van der Waals surface area (Å²) in [6.45, 7) is 6.84. The molecule has 76 valence electrons. The Morgan fingerprint density at radius 1 is 1.15 bits per heavy atom. The normalized spacial score (nSPS) is 44.1. The summed E-state index contributed by atoms with van der Waals surface area (Å²) in [5.74, 6) is 1.76. The molecule has 1 saturated carbocycles. The average Bonchev–Trinajstić information content (AvgIpc) is 2.01. The van der Waals surface area contributed by atoms with Crippen LogP contribution in [0.3, 0.4) is 0 Å². The van der Waals surface area contributed by atoms with Crippen LogP contribution in [0, 0.1) is 11.8 Å². The van der Waals surface area contributed by atoms with Crippen molar-refractivity contribution in [1.82, 2.24) is 0 Å². The van der Waals surface area contributed by atoms with Crippen molar-refractivity contribution >= 4 is 0 Å². The Balaban J connectivity index is 2.00. The van der Waals surface area contributed by atoms with Gasteiger partial charge >= 0.3 is 0 Å². The monoisotopic (exact) mass is 182 g/mol. The van der Waals surface area contributed by atoms with E-state index in [1.54, 1.807) is 0 Å². The lowest BCUT2D eigenvalue weighted by Gasteiger charge is -2.45. The van der Waals surface area contributed by atoms with Gasteiger partial charge in [-0.2, -0.15) is 0 Å². The van der Waals surface area contributed by atoms with Crippen molar-refractivity contribution in [2.24, 2.45) is 11.8 Å². The molecule has 0 aromatic heterocycles. The van der Waals surface area contributed by atoms with Crippen LogP contribution in [0.15, 0.2) is 0 Å². The third-order valence-corrected chi connectivity index (χ3v) is 3.78. The van der Waals surface area contributed by atoms with Gasteiger partial charge in [-0.15, -0.1) is 0 Å². The second-order valence-corrected chi connectivity index (χ2v) is 5.63. The van der Waals surface area contributed by atoms with E-state index >= 15 is 0 Å². The molecular formula is C12H22O. The molecule has 0 aromatic carbocycles. The summed E-state index contributed by atoms with van der Waals surface area (Å²) in [5, 5.41) is 0. The number of ether oxygens (including phenoxy) is 1. The first-order valence-corrected chi connectivity index (χ1v) is 5.75. The van der Waals surface area contributed by atoms with Crippen LogP contribution in [0.2, 0.25) is 0 Å². The topological polar surface area (TPSA) is 9.23 Å². The fraction of sp³-hybridized carbons (Fsp3) is 1.00. The second-order valence-electron chi connectivity index (χ2n) is 5.63. The number of rotatable bonds is 0. The van der Waals surface area contributed by atoms with Gasteiger partial charge in [-0.3, -0.25) is 0 Å². The molecule has 2 aliphatic rings. The highest BCUT2D eigenvalue weighted by Gasteiger charge is 2.38. The van der Waals surface area contributed by atoms with Crippen molar-refractivity contribution in [3.63, 3.8) is 0 Å². The highest BCUT2D eigenvalue weighted by atomic mass is 16.5. The van der Waals surface area contributed by atoms with E-state index in [9.17, 15) is 0 Å². The van der Waals surface area contributed by atoms with Crippen LogP contribution >= 0.6 is 0 Å². The lowest BCUT2D eigenvalue weighted by Crippen LogP contribution is -2.43. The summed E-state index contributed by atoms with van der Waals surface area (Å²) < 4.78 is 6.15. The first-order valence-electron chi connectivity index (χ1n) is 5.75. The molecule has 2 rings (SSSR count). The quantitative estimate of drug-likeness (QED) is 0.558. The van der Waals surface area contributed by atoms with Crippen molar-refractivity contribution in [3.05, 3.63) is 0 Å². The highest BCUT2D eigenvalue weighted by Crippen LogP contribution is 2.41. The zero-order valence-electron chi connectivity index (χ0n) is 9.18. The second kappa shape index (κ2) is 3.27. The first kappa shape index (κ1) is 9.51. The smallest absolute Gasteiger partial charge is 0.0630 e. The summed E-state index contributed by atoms with van der Waals surface area (Å²) in [4.78, 5) is 0. The van der Waals surface area contributed by atoms with Crippen LogP contribution in [-0.2, 0) is 4.74 Å². The van der Waals surface area contributed by atoms with Crippen LogP contribution in [0.4, 0.5) is 0 Å². The van der Waals surface area contributed by atoms with E-state index in [4.69, 9.17) is 4.74 Å². The van der Waals surface area contributed by atoms with Gasteiger partial charge in [0.2, 0.25) is 0 Å². The molecule has 0 radical (unpaired) electrons. The molecule has 0 aromatic rings. The van der Waals surface area contributed by atoms with Gasteiger partial charge in [0.05, 0.1) is 11.7 Å². The fourth-order valence-corrected chi connectivity index (χ4v) is 2.87. The summed E-state index contributed by atoms with van der Waals surface area (Å²) in [6.07, 6.45) is 7.35. The van der Waals surface area contributed by atoms with Crippen molar-refractivity contribution in [3.8, 4) is 0 Å². The van der Waals surface area contributed by atoms with Gasteiger partial charge in [0, 0.05) is 0 Å². The van der Waals surface area contributed by atoms with Gasteiger partial charge in [0.25, 0.3) is 0 Å². The molecule has 0 amide bonds. The largest absolute Gasteiger partial charge is 0.372 e. The lowest BCUT2D eigenvalue weighted by molar-refractivity contribution is -0.152. The molecule has 1 nitrogen and oxygen atoms in total. The Labute approximate surface area is 81.9 Å². The van der Waals surface area contributed by atoms with Crippen LogP contribution in [0.25, 0.3) is 0 Å². The molecule has 3 unspecified atom stereocenters. The van der Waals surface area contributed by atoms with Gasteiger partial charge in [-0.1, -0.05) is 13.3 Å². The molecule has 2 fully saturated rings. The molecule has 0 spiro atoms. The molecule has 1 aliphatic heterocycles. The van der Waals surface area contributed by atoms with Crippen LogP contribution in [0.5, 0.6) is 0 Å². The molecule has 3 atom stereocenters. The summed E-state index contributed by atoms with van der Waals surface area (Å²) in [6, 6.07) is 0. The standard InChI is InChI=1S/C12H22O/c1-9-4-5-10-6-7-12(2,3)13-11(10)8-9/h9-11H,4-8H2,1-3H3. The van der Waals surface area contributed by atoms with E-state index in [1.807, 2.05) is 0 Å². The first-order chi connectivity index (χ1) is 6.07. The van der Waals surface area contributed by atoms with E-state index in [1.165, 1.54) is 32.1 Å². The Morgan fingerprint density at radius 3 is 2.69 bits per heavy atom. The van der Waals surface area contributed by atoms with Crippen molar-refractivity contribution < 1.29 is 4.74 Å². The maximum atomic E-state index is 6.15. The SMILES string of the molecule is CC1CCC2CCC(C)(C)OC2C1. The number of fused-ring (bicyclic) bond motifs is 1. The lowest BCUT2D eigenvalue weighted by atomic mass is 9.75. The maximum absolute atomic E-state index is 6.15. The third-order valence-electron chi connectivity index (χ3n) is 3.78. The van der Waals surface area contributed by atoms with E-state index in [0.717, 1.165) is 11.8 Å². The molecular weight excluding hydrogens is 160 g/mol. The molecule has 1 heteroatoms. The number of hydrogen-bond donors (Lipinski definition) is 0. The van der Waals surface area contributed by atoms with Gasteiger partial charge in [-0.25, -0.2) is 0 Å². The van der Waals surface area contributed by atoms with Gasteiger partial charge in [0.15, 0.2) is 0 Å². The van der Waals surface area contributed by atoms with E-state index in [2.05, 4.69) is 20.8 Å². The zero-order valence-corrected chi connectivity index (χ0v) is 9.18. The summed E-state index contributed by atoms with van der Waals surface area (Å²) >= 11 is 0. The number of hydrogen-bond acceptors (Lipinski definition) is 1. The highest BCUT2D eigenvalue weighted by molar-refractivity contribution is 4.87. The average molecular weight is 182 g/mol. The Bertz CT molecular complexity index is 186. The predicted octanol–water partition coefficient (Wildman–Crippen LogP) is 3.38. The minimum Gasteiger partial charge on any atom is -0.372 e. The van der Waals surface area contributed by atoms with Crippen LogP contribution in [0.1, 0.15) is 52.9 Å². The Morgan fingerprint density at radius 2 is 1.92 bits per heavy atom. The Kier molecular flexibility index (Phi) is 2.39. The third kappa shape index (κ3) is 2.07. The summed E-state index contributed by atoms with van der Waals surface area (Å²) in [5.41, 5.74) is 0.151. The van der Waals surface area contributed by atoms with Crippen molar-refractivity contribution in [2.75, 3.05) is 0 Å².